The summed E-state index contributed by atoms with van der Waals surface area (Å²) in [5.41, 5.74) is -1.27. The number of rotatable bonds is 5. The van der Waals surface area contributed by atoms with Crippen LogP contribution in [-0.2, 0) is 0 Å². The van der Waals surface area contributed by atoms with E-state index in [4.69, 9.17) is 5.11 Å². The SMILES string of the molecule is CC1CC1CNc1cc(C(=O)O)c([N+](=O)[O-])cc1F. The first kappa shape index (κ1) is 13.3. The number of hydrogen-bond acceptors (Lipinski definition) is 4. The molecule has 0 amide bonds. The van der Waals surface area contributed by atoms with Crippen molar-refractivity contribution < 1.29 is 19.2 Å². The highest BCUT2D eigenvalue weighted by Crippen LogP contribution is 2.38. The highest BCUT2D eigenvalue weighted by molar-refractivity contribution is 5.93. The number of benzene rings is 1. The quantitative estimate of drug-likeness (QED) is 0.632. The summed E-state index contributed by atoms with van der Waals surface area (Å²) in [6, 6.07) is 1.62. The summed E-state index contributed by atoms with van der Waals surface area (Å²) in [6.07, 6.45) is 1.05. The van der Waals surface area contributed by atoms with Crippen LogP contribution in [0.4, 0.5) is 15.8 Å². The maximum atomic E-state index is 13.7. The Balaban J connectivity index is 2.26. The van der Waals surface area contributed by atoms with E-state index in [1.807, 2.05) is 0 Å². The number of halogens is 1. The Bertz CT molecular complexity index is 547. The maximum Gasteiger partial charge on any atom is 0.342 e. The molecule has 2 N–H and O–H groups in total. The Labute approximate surface area is 108 Å². The minimum atomic E-state index is -1.45. The zero-order valence-electron chi connectivity index (χ0n) is 10.2. The lowest BCUT2D eigenvalue weighted by molar-refractivity contribution is -0.385. The number of nitro groups is 1. The Hall–Kier alpha value is -2.18. The largest absolute Gasteiger partial charge is 0.477 e. The summed E-state index contributed by atoms with van der Waals surface area (Å²) >= 11 is 0. The first-order valence-corrected chi connectivity index (χ1v) is 5.85. The summed E-state index contributed by atoms with van der Waals surface area (Å²) in [5, 5.41) is 22.4. The van der Waals surface area contributed by atoms with Gasteiger partial charge in [0.2, 0.25) is 0 Å². The van der Waals surface area contributed by atoms with Crippen molar-refractivity contribution in [3.63, 3.8) is 0 Å². The zero-order valence-corrected chi connectivity index (χ0v) is 10.2. The molecule has 0 heterocycles. The molecule has 19 heavy (non-hydrogen) atoms. The van der Waals surface area contributed by atoms with Gasteiger partial charge in [0.1, 0.15) is 5.56 Å². The number of anilines is 1. The van der Waals surface area contributed by atoms with Crippen LogP contribution in [0.3, 0.4) is 0 Å². The molecular formula is C12H13FN2O4. The van der Waals surface area contributed by atoms with Gasteiger partial charge in [-0.25, -0.2) is 9.18 Å². The second-order valence-corrected chi connectivity index (χ2v) is 4.77. The third-order valence-electron chi connectivity index (χ3n) is 3.34. The van der Waals surface area contributed by atoms with Crippen molar-refractivity contribution in [2.24, 2.45) is 11.8 Å². The van der Waals surface area contributed by atoms with Crippen molar-refractivity contribution in [2.45, 2.75) is 13.3 Å². The summed E-state index contributed by atoms with van der Waals surface area (Å²) in [4.78, 5) is 20.7. The van der Waals surface area contributed by atoms with Crippen LogP contribution >= 0.6 is 0 Å². The first-order chi connectivity index (χ1) is 8.90. The Morgan fingerprint density at radius 2 is 2.26 bits per heavy atom. The predicted molar refractivity (Wildman–Crippen MR) is 65.8 cm³/mol. The lowest BCUT2D eigenvalue weighted by Crippen LogP contribution is -2.09. The molecule has 6 nitrogen and oxygen atoms in total. The number of nitrogens with one attached hydrogen (secondary N) is 1. The van der Waals surface area contributed by atoms with Crippen molar-refractivity contribution in [2.75, 3.05) is 11.9 Å². The van der Waals surface area contributed by atoms with Crippen LogP contribution < -0.4 is 5.32 Å². The smallest absolute Gasteiger partial charge is 0.342 e. The molecule has 0 aromatic heterocycles. The third-order valence-corrected chi connectivity index (χ3v) is 3.34. The van der Waals surface area contributed by atoms with E-state index in [9.17, 15) is 19.3 Å². The van der Waals surface area contributed by atoms with Crippen molar-refractivity contribution >= 4 is 17.3 Å². The summed E-state index contributed by atoms with van der Waals surface area (Å²) in [5.74, 6) is -1.24. The molecule has 0 bridgehead atoms. The minimum Gasteiger partial charge on any atom is -0.477 e. The van der Waals surface area contributed by atoms with Crippen molar-refractivity contribution in [1.29, 1.82) is 0 Å². The average Bonchev–Trinajstić information content (AvgIpc) is 3.02. The van der Waals surface area contributed by atoms with Gasteiger partial charge >= 0.3 is 5.97 Å². The molecular weight excluding hydrogens is 255 g/mol. The van der Waals surface area contributed by atoms with Gasteiger partial charge in [-0.15, -0.1) is 0 Å². The van der Waals surface area contributed by atoms with Gasteiger partial charge < -0.3 is 10.4 Å². The number of carbonyl (C=O) groups is 1. The molecule has 2 unspecified atom stereocenters. The topological polar surface area (TPSA) is 92.5 Å². The number of carboxylic acids is 1. The lowest BCUT2D eigenvalue weighted by Gasteiger charge is -2.08. The van der Waals surface area contributed by atoms with E-state index in [0.717, 1.165) is 12.5 Å². The van der Waals surface area contributed by atoms with Crippen molar-refractivity contribution in [3.8, 4) is 0 Å². The Morgan fingerprint density at radius 3 is 2.74 bits per heavy atom. The number of hydrogen-bond donors (Lipinski definition) is 2. The number of carboxylic acid groups (broad SMARTS) is 1. The fraction of sp³-hybridized carbons (Fsp3) is 0.417. The predicted octanol–water partition coefficient (Wildman–Crippen LogP) is 2.50. The summed E-state index contributed by atoms with van der Waals surface area (Å²) < 4.78 is 13.7. The van der Waals surface area contributed by atoms with Gasteiger partial charge in [0.15, 0.2) is 5.82 Å². The van der Waals surface area contributed by atoms with Crippen molar-refractivity contribution in [1.82, 2.24) is 0 Å². The highest BCUT2D eigenvalue weighted by Gasteiger charge is 2.32. The van der Waals surface area contributed by atoms with Gasteiger partial charge in [-0.05, 0) is 24.3 Å². The van der Waals surface area contributed by atoms with Crippen molar-refractivity contribution in [3.05, 3.63) is 33.6 Å². The van der Waals surface area contributed by atoms with Crippen LogP contribution in [0, 0.1) is 27.8 Å². The van der Waals surface area contributed by atoms with Gasteiger partial charge in [0.05, 0.1) is 16.7 Å². The van der Waals surface area contributed by atoms with Gasteiger partial charge in [-0.1, -0.05) is 6.92 Å². The second kappa shape index (κ2) is 4.83. The van der Waals surface area contributed by atoms with Crippen LogP contribution in [0.2, 0.25) is 0 Å². The summed E-state index contributed by atoms with van der Waals surface area (Å²) in [6.45, 7) is 2.61. The lowest BCUT2D eigenvalue weighted by atomic mass is 10.1. The standard InChI is InChI=1S/C12H13FN2O4/c1-6-2-7(6)5-14-10-3-8(12(16)17)11(15(18)19)4-9(10)13/h3-4,6-7,14H,2,5H2,1H3,(H,16,17). The van der Waals surface area contributed by atoms with E-state index in [-0.39, 0.29) is 5.69 Å². The molecule has 1 aromatic rings. The molecule has 0 radical (unpaired) electrons. The van der Waals surface area contributed by atoms with Crippen LogP contribution in [0.25, 0.3) is 0 Å². The monoisotopic (exact) mass is 268 g/mol. The first-order valence-electron chi connectivity index (χ1n) is 5.85. The number of nitrogens with zero attached hydrogens (tertiary/aromatic N) is 1. The molecule has 1 aliphatic rings. The van der Waals surface area contributed by atoms with E-state index in [1.54, 1.807) is 0 Å². The minimum absolute atomic E-state index is 0.0119. The van der Waals surface area contributed by atoms with Crippen LogP contribution in [0.1, 0.15) is 23.7 Å². The molecule has 1 aliphatic carbocycles. The van der Waals surface area contributed by atoms with E-state index in [1.165, 1.54) is 0 Å². The summed E-state index contributed by atoms with van der Waals surface area (Å²) in [7, 11) is 0. The second-order valence-electron chi connectivity index (χ2n) is 4.77. The van der Waals surface area contributed by atoms with Gasteiger partial charge in [-0.2, -0.15) is 0 Å². The molecule has 0 spiro atoms. The van der Waals surface area contributed by atoms with Gasteiger partial charge in [-0.3, -0.25) is 10.1 Å². The van der Waals surface area contributed by atoms with E-state index in [2.05, 4.69) is 12.2 Å². The number of aromatic carboxylic acids is 1. The molecule has 102 valence electrons. The molecule has 0 aliphatic heterocycles. The van der Waals surface area contributed by atoms with Crippen LogP contribution in [0.15, 0.2) is 12.1 Å². The van der Waals surface area contributed by atoms with Crippen LogP contribution in [-0.4, -0.2) is 22.5 Å². The maximum absolute atomic E-state index is 13.7. The fourth-order valence-corrected chi connectivity index (χ4v) is 1.95. The van der Waals surface area contributed by atoms with E-state index in [0.29, 0.717) is 24.4 Å². The molecule has 1 aromatic carbocycles. The highest BCUT2D eigenvalue weighted by atomic mass is 19.1. The fourth-order valence-electron chi connectivity index (χ4n) is 1.95. The Kier molecular flexibility index (Phi) is 3.37. The zero-order chi connectivity index (χ0) is 14.2. The average molecular weight is 268 g/mol. The molecule has 2 rings (SSSR count). The molecule has 1 saturated carbocycles. The molecule has 0 saturated heterocycles. The number of nitro benzene ring substituents is 1. The molecule has 1 fully saturated rings. The van der Waals surface area contributed by atoms with Gasteiger partial charge in [0, 0.05) is 6.54 Å². The third kappa shape index (κ3) is 2.81. The van der Waals surface area contributed by atoms with E-state index >= 15 is 0 Å². The van der Waals surface area contributed by atoms with Gasteiger partial charge in [0.25, 0.3) is 5.69 Å². The normalized spacial score (nSPS) is 20.9. The van der Waals surface area contributed by atoms with E-state index < -0.39 is 28.0 Å². The molecule has 2 atom stereocenters. The van der Waals surface area contributed by atoms with Crippen LogP contribution in [0.5, 0.6) is 0 Å². The molecule has 7 heteroatoms. The Morgan fingerprint density at radius 1 is 1.63 bits per heavy atom.